The number of hydrogen-bond donors (Lipinski definition) is 2. The number of carbonyl (C=O) groups is 1. The summed E-state index contributed by atoms with van der Waals surface area (Å²) < 4.78 is 0. The lowest BCUT2D eigenvalue weighted by molar-refractivity contribution is 0.235. The molecule has 0 saturated carbocycles. The SMILES string of the molecule is C[C@@H](NC(=O)N[C@H](C)c1ccccc1)c1ccccc1. The van der Waals surface area contributed by atoms with Crippen molar-refractivity contribution < 1.29 is 4.79 Å². The molecule has 0 aliphatic heterocycles. The van der Waals surface area contributed by atoms with Crippen molar-refractivity contribution in [2.24, 2.45) is 0 Å². The molecule has 0 unspecified atom stereocenters. The highest BCUT2D eigenvalue weighted by atomic mass is 16.2. The van der Waals surface area contributed by atoms with Crippen molar-refractivity contribution in [1.29, 1.82) is 0 Å². The molecule has 2 N–H and O–H groups in total. The van der Waals surface area contributed by atoms with Crippen LogP contribution in [0.2, 0.25) is 0 Å². The topological polar surface area (TPSA) is 41.1 Å². The summed E-state index contributed by atoms with van der Waals surface area (Å²) in [7, 11) is 0. The van der Waals surface area contributed by atoms with E-state index in [1.807, 2.05) is 74.5 Å². The van der Waals surface area contributed by atoms with Crippen molar-refractivity contribution in [3.05, 3.63) is 71.8 Å². The van der Waals surface area contributed by atoms with Crippen LogP contribution in [0.15, 0.2) is 60.7 Å². The summed E-state index contributed by atoms with van der Waals surface area (Å²) in [6.07, 6.45) is 0. The molecule has 0 aromatic heterocycles. The van der Waals surface area contributed by atoms with Crippen LogP contribution >= 0.6 is 0 Å². The van der Waals surface area contributed by atoms with Gasteiger partial charge in [-0.1, -0.05) is 60.7 Å². The monoisotopic (exact) mass is 268 g/mol. The van der Waals surface area contributed by atoms with Crippen molar-refractivity contribution in [2.75, 3.05) is 0 Å². The van der Waals surface area contributed by atoms with Crippen LogP contribution in [0, 0.1) is 0 Å². The maximum absolute atomic E-state index is 12.0. The van der Waals surface area contributed by atoms with Gasteiger partial charge in [-0.25, -0.2) is 4.79 Å². The molecule has 0 heterocycles. The van der Waals surface area contributed by atoms with E-state index in [0.717, 1.165) is 11.1 Å². The first-order chi connectivity index (χ1) is 9.66. The lowest BCUT2D eigenvalue weighted by Gasteiger charge is -2.18. The summed E-state index contributed by atoms with van der Waals surface area (Å²) in [5.41, 5.74) is 2.19. The average molecular weight is 268 g/mol. The smallest absolute Gasteiger partial charge is 0.315 e. The van der Waals surface area contributed by atoms with E-state index in [1.165, 1.54) is 0 Å². The van der Waals surface area contributed by atoms with E-state index >= 15 is 0 Å². The summed E-state index contributed by atoms with van der Waals surface area (Å²) >= 11 is 0. The van der Waals surface area contributed by atoms with Crippen LogP contribution in [0.25, 0.3) is 0 Å². The second-order valence-corrected chi connectivity index (χ2v) is 4.88. The number of hydrogen-bond acceptors (Lipinski definition) is 1. The highest BCUT2D eigenvalue weighted by Crippen LogP contribution is 2.13. The third kappa shape index (κ3) is 3.85. The number of carbonyl (C=O) groups excluding carboxylic acids is 1. The highest BCUT2D eigenvalue weighted by Gasteiger charge is 2.12. The Balaban J connectivity index is 1.90. The Morgan fingerprint density at radius 3 is 1.45 bits per heavy atom. The van der Waals surface area contributed by atoms with Gasteiger partial charge in [0.05, 0.1) is 12.1 Å². The van der Waals surface area contributed by atoms with Gasteiger partial charge in [-0.15, -0.1) is 0 Å². The molecule has 104 valence electrons. The molecule has 2 rings (SSSR count). The Hall–Kier alpha value is -2.29. The van der Waals surface area contributed by atoms with Crippen molar-refractivity contribution in [2.45, 2.75) is 25.9 Å². The molecule has 2 atom stereocenters. The van der Waals surface area contributed by atoms with Gasteiger partial charge >= 0.3 is 6.03 Å². The maximum atomic E-state index is 12.0. The van der Waals surface area contributed by atoms with Gasteiger partial charge < -0.3 is 10.6 Å². The third-order valence-corrected chi connectivity index (χ3v) is 3.29. The largest absolute Gasteiger partial charge is 0.332 e. The summed E-state index contributed by atoms with van der Waals surface area (Å²) in [5, 5.41) is 5.89. The first-order valence-electron chi connectivity index (χ1n) is 6.83. The number of nitrogens with one attached hydrogen (secondary N) is 2. The first kappa shape index (κ1) is 14.1. The lowest BCUT2D eigenvalue weighted by Crippen LogP contribution is -2.38. The standard InChI is InChI=1S/C17H20N2O/c1-13(15-9-5-3-6-10-15)18-17(20)19-14(2)16-11-7-4-8-12-16/h3-14H,1-2H3,(H2,18,19,20)/t13-,14-/m1/s1. The molecule has 2 aromatic carbocycles. The second-order valence-electron chi connectivity index (χ2n) is 4.88. The molecule has 0 fully saturated rings. The summed E-state index contributed by atoms with van der Waals surface area (Å²) in [6, 6.07) is 19.7. The fourth-order valence-electron chi connectivity index (χ4n) is 2.09. The minimum atomic E-state index is -0.155. The van der Waals surface area contributed by atoms with Gasteiger partial charge in [0, 0.05) is 0 Å². The van der Waals surface area contributed by atoms with E-state index in [-0.39, 0.29) is 18.1 Å². The lowest BCUT2D eigenvalue weighted by atomic mass is 10.1. The van der Waals surface area contributed by atoms with Crippen LogP contribution in [-0.4, -0.2) is 6.03 Å². The normalized spacial score (nSPS) is 13.3. The van der Waals surface area contributed by atoms with E-state index in [0.29, 0.717) is 0 Å². The fraction of sp³-hybridized carbons (Fsp3) is 0.235. The molecule has 0 saturated heterocycles. The molecule has 2 amide bonds. The fourth-order valence-corrected chi connectivity index (χ4v) is 2.09. The molecule has 0 radical (unpaired) electrons. The highest BCUT2D eigenvalue weighted by molar-refractivity contribution is 5.74. The summed E-state index contributed by atoms with van der Waals surface area (Å²) in [6.45, 7) is 3.95. The molecular weight excluding hydrogens is 248 g/mol. The second kappa shape index (κ2) is 6.75. The zero-order valence-corrected chi connectivity index (χ0v) is 11.8. The van der Waals surface area contributed by atoms with Crippen molar-refractivity contribution in [1.82, 2.24) is 10.6 Å². The quantitative estimate of drug-likeness (QED) is 0.870. The molecule has 3 nitrogen and oxygen atoms in total. The maximum Gasteiger partial charge on any atom is 0.315 e. The van der Waals surface area contributed by atoms with E-state index in [2.05, 4.69) is 10.6 Å². The van der Waals surface area contributed by atoms with Crippen LogP contribution in [0.4, 0.5) is 4.79 Å². The van der Waals surface area contributed by atoms with Crippen LogP contribution in [0.1, 0.15) is 37.1 Å². The predicted octanol–water partition coefficient (Wildman–Crippen LogP) is 3.81. The van der Waals surface area contributed by atoms with E-state index < -0.39 is 0 Å². The van der Waals surface area contributed by atoms with Crippen LogP contribution in [-0.2, 0) is 0 Å². The van der Waals surface area contributed by atoms with Gasteiger partial charge in [0.1, 0.15) is 0 Å². The molecule has 20 heavy (non-hydrogen) atoms. The van der Waals surface area contributed by atoms with Gasteiger partial charge in [0.25, 0.3) is 0 Å². The van der Waals surface area contributed by atoms with E-state index in [1.54, 1.807) is 0 Å². The molecule has 0 spiro atoms. The number of benzene rings is 2. The Morgan fingerprint density at radius 2 is 1.10 bits per heavy atom. The molecule has 2 aromatic rings. The predicted molar refractivity (Wildman–Crippen MR) is 81.4 cm³/mol. The first-order valence-corrected chi connectivity index (χ1v) is 6.83. The molecule has 3 heteroatoms. The minimum Gasteiger partial charge on any atom is -0.332 e. The van der Waals surface area contributed by atoms with Gasteiger partial charge in [-0.3, -0.25) is 0 Å². The van der Waals surface area contributed by atoms with Gasteiger partial charge in [0.2, 0.25) is 0 Å². The van der Waals surface area contributed by atoms with Gasteiger partial charge in [-0.05, 0) is 25.0 Å². The van der Waals surface area contributed by atoms with Crippen molar-refractivity contribution in [3.63, 3.8) is 0 Å². The van der Waals surface area contributed by atoms with Crippen LogP contribution < -0.4 is 10.6 Å². The van der Waals surface area contributed by atoms with Gasteiger partial charge in [0.15, 0.2) is 0 Å². The van der Waals surface area contributed by atoms with E-state index in [9.17, 15) is 4.79 Å². The Labute approximate surface area is 120 Å². The van der Waals surface area contributed by atoms with Crippen molar-refractivity contribution in [3.8, 4) is 0 Å². The zero-order chi connectivity index (χ0) is 14.4. The Morgan fingerprint density at radius 1 is 0.750 bits per heavy atom. The minimum absolute atomic E-state index is 0.0147. The average Bonchev–Trinajstić information content (AvgIpc) is 2.49. The van der Waals surface area contributed by atoms with Gasteiger partial charge in [-0.2, -0.15) is 0 Å². The number of rotatable bonds is 4. The summed E-state index contributed by atoms with van der Waals surface area (Å²) in [4.78, 5) is 12.0. The molecule has 0 aliphatic rings. The molecule has 0 bridgehead atoms. The van der Waals surface area contributed by atoms with E-state index in [4.69, 9.17) is 0 Å². The Kier molecular flexibility index (Phi) is 4.77. The molecular formula is C17H20N2O. The van der Waals surface area contributed by atoms with Crippen molar-refractivity contribution >= 4 is 6.03 Å². The Bertz CT molecular complexity index is 490. The number of amides is 2. The zero-order valence-electron chi connectivity index (χ0n) is 11.8. The van der Waals surface area contributed by atoms with Crippen LogP contribution in [0.3, 0.4) is 0 Å². The third-order valence-electron chi connectivity index (χ3n) is 3.29. The number of urea groups is 1. The molecule has 0 aliphatic carbocycles. The van der Waals surface area contributed by atoms with Crippen LogP contribution in [0.5, 0.6) is 0 Å². The summed E-state index contributed by atoms with van der Waals surface area (Å²) in [5.74, 6) is 0.